The molecule has 7 aromatic rings. The number of allylic oxidation sites excluding steroid dienone is 4. The van der Waals surface area contributed by atoms with Crippen LogP contribution in [0, 0.1) is 5.41 Å². The third-order valence-electron chi connectivity index (χ3n) is 8.41. The second kappa shape index (κ2) is 11.2. The summed E-state index contributed by atoms with van der Waals surface area (Å²) < 4.78 is 0. The van der Waals surface area contributed by atoms with Crippen LogP contribution in [0.2, 0.25) is 0 Å². The fourth-order valence-corrected chi connectivity index (χ4v) is 6.26. The van der Waals surface area contributed by atoms with E-state index in [4.69, 9.17) is 5.41 Å². The third kappa shape index (κ3) is 4.89. The Morgan fingerprint density at radius 2 is 1.16 bits per heavy atom. The van der Waals surface area contributed by atoms with Crippen LogP contribution in [0.5, 0.6) is 0 Å². The Morgan fingerprint density at radius 1 is 0.556 bits per heavy atom. The Kier molecular flexibility index (Phi) is 6.58. The van der Waals surface area contributed by atoms with Gasteiger partial charge in [-0.25, -0.2) is 0 Å². The topological polar surface area (TPSA) is 61.1 Å². The molecule has 0 fully saturated rings. The van der Waals surface area contributed by atoms with Gasteiger partial charge < -0.3 is 0 Å². The highest BCUT2D eigenvalue weighted by Crippen LogP contribution is 2.44. The summed E-state index contributed by atoms with van der Waals surface area (Å²) in [5.74, 6) is 0. The zero-order valence-corrected chi connectivity index (χ0v) is 24.4. The highest BCUT2D eigenvalue weighted by Gasteiger charge is 2.17. The van der Waals surface area contributed by atoms with Crippen LogP contribution in [0.1, 0.15) is 5.69 Å². The van der Waals surface area contributed by atoms with Crippen LogP contribution in [0.4, 0.5) is 5.69 Å². The molecule has 6 aromatic carbocycles. The van der Waals surface area contributed by atoms with E-state index in [2.05, 4.69) is 119 Å². The second-order valence-electron chi connectivity index (χ2n) is 11.2. The lowest BCUT2D eigenvalue weighted by Gasteiger charge is -2.18. The van der Waals surface area contributed by atoms with Crippen LogP contribution >= 0.6 is 0 Å². The summed E-state index contributed by atoms with van der Waals surface area (Å²) in [6.07, 6.45) is 7.35. The van der Waals surface area contributed by atoms with E-state index in [0.29, 0.717) is 11.4 Å². The van der Waals surface area contributed by atoms with Gasteiger partial charge >= 0.3 is 0 Å². The van der Waals surface area contributed by atoms with E-state index in [1.165, 1.54) is 49.0 Å². The molecule has 0 saturated heterocycles. The molecule has 0 aliphatic heterocycles. The van der Waals surface area contributed by atoms with Gasteiger partial charge in [0.25, 0.3) is 0 Å². The van der Waals surface area contributed by atoms with Crippen LogP contribution < -0.4 is 5.43 Å². The van der Waals surface area contributed by atoms with E-state index >= 15 is 0 Å². The molecule has 0 bridgehead atoms. The van der Waals surface area contributed by atoms with Gasteiger partial charge in [0, 0.05) is 11.8 Å². The molecule has 1 aromatic heterocycles. The number of pyridine rings is 1. The zero-order chi connectivity index (χ0) is 30.2. The summed E-state index contributed by atoms with van der Waals surface area (Å²) in [5, 5.41) is 20.4. The smallest absolute Gasteiger partial charge is 0.108 e. The van der Waals surface area contributed by atoms with Gasteiger partial charge in [-0.3, -0.25) is 15.8 Å². The first-order valence-corrected chi connectivity index (χ1v) is 15.0. The van der Waals surface area contributed by atoms with E-state index in [0.717, 1.165) is 22.5 Å². The molecular weight excluding hydrogens is 548 g/mol. The summed E-state index contributed by atoms with van der Waals surface area (Å²) in [4.78, 5) is 4.39. The van der Waals surface area contributed by atoms with Crippen molar-refractivity contribution < 1.29 is 0 Å². The van der Waals surface area contributed by atoms with Crippen molar-refractivity contribution in [3.63, 3.8) is 0 Å². The number of hydrogen-bond acceptors (Lipinski definition) is 4. The Balaban J connectivity index is 1.16. The van der Waals surface area contributed by atoms with Crippen molar-refractivity contribution in [2.24, 2.45) is 5.10 Å². The summed E-state index contributed by atoms with van der Waals surface area (Å²) in [5.41, 5.74) is 11.5. The number of anilines is 1. The van der Waals surface area contributed by atoms with E-state index in [1.54, 1.807) is 12.3 Å². The molecule has 0 saturated carbocycles. The summed E-state index contributed by atoms with van der Waals surface area (Å²) in [7, 11) is 0. The van der Waals surface area contributed by atoms with Crippen molar-refractivity contribution in [1.29, 1.82) is 5.41 Å². The van der Waals surface area contributed by atoms with Crippen LogP contribution in [0.3, 0.4) is 0 Å². The van der Waals surface area contributed by atoms with Crippen molar-refractivity contribution in [3.8, 4) is 22.3 Å². The first kappa shape index (κ1) is 26.5. The molecule has 1 aliphatic carbocycles. The number of nitrogens with one attached hydrogen (secondary N) is 2. The number of hydrogen-bond donors (Lipinski definition) is 2. The van der Waals surface area contributed by atoms with Gasteiger partial charge in [0.05, 0.1) is 17.1 Å². The van der Waals surface area contributed by atoms with Crippen molar-refractivity contribution in [3.05, 3.63) is 164 Å². The Hall–Kier alpha value is -6.13. The lowest BCUT2D eigenvalue weighted by molar-refractivity contribution is 1.28. The summed E-state index contributed by atoms with van der Waals surface area (Å²) in [6.45, 7) is 0. The first-order valence-electron chi connectivity index (χ1n) is 15.0. The van der Waals surface area contributed by atoms with Crippen molar-refractivity contribution in [2.75, 3.05) is 5.43 Å². The molecule has 8 rings (SSSR count). The van der Waals surface area contributed by atoms with Gasteiger partial charge in [-0.1, -0.05) is 109 Å². The van der Waals surface area contributed by atoms with Crippen molar-refractivity contribution >= 4 is 55.0 Å². The molecular formula is C41H28N4. The van der Waals surface area contributed by atoms with E-state index in [1.807, 2.05) is 42.5 Å². The molecule has 4 nitrogen and oxygen atoms in total. The number of rotatable bonds is 5. The number of fused-ring (bicyclic) bond motifs is 3. The fourth-order valence-electron chi connectivity index (χ4n) is 6.26. The predicted molar refractivity (Wildman–Crippen MR) is 190 cm³/mol. The molecule has 1 aliphatic rings. The lowest BCUT2D eigenvalue weighted by Crippen LogP contribution is -2.13. The van der Waals surface area contributed by atoms with Crippen LogP contribution in [0.25, 0.3) is 60.1 Å². The number of nitrogens with zero attached hydrogens (tertiary/aromatic N) is 2. The third-order valence-corrected chi connectivity index (χ3v) is 8.41. The molecule has 0 atom stereocenters. The van der Waals surface area contributed by atoms with Crippen LogP contribution in [-0.4, -0.2) is 16.4 Å². The van der Waals surface area contributed by atoms with Gasteiger partial charge in [-0.15, -0.1) is 0 Å². The largest absolute Gasteiger partial charge is 0.299 e. The number of hydrazone groups is 1. The maximum Gasteiger partial charge on any atom is 0.108 e. The maximum absolute atomic E-state index is 8.48. The maximum atomic E-state index is 8.48. The van der Waals surface area contributed by atoms with Gasteiger partial charge in [0.1, 0.15) is 5.71 Å². The van der Waals surface area contributed by atoms with E-state index < -0.39 is 0 Å². The lowest BCUT2D eigenvalue weighted by atomic mass is 9.85. The Labute approximate surface area is 261 Å². The molecule has 2 N–H and O–H groups in total. The average Bonchev–Trinajstić information content (AvgIpc) is 3.10. The minimum atomic E-state index is 0.340. The van der Waals surface area contributed by atoms with Gasteiger partial charge in [-0.05, 0) is 97.1 Å². The SMILES string of the molecule is N=C1C=C(c2ccccn2)C=CC1=NNc1ccc(-c2c3ccccc3c(-c3ccc4ccccc4c3)c3ccccc23)cc1. The molecule has 0 radical (unpaired) electrons. The Morgan fingerprint density at radius 3 is 1.80 bits per heavy atom. The van der Waals surface area contributed by atoms with Crippen molar-refractivity contribution in [2.45, 2.75) is 0 Å². The number of benzene rings is 6. The monoisotopic (exact) mass is 576 g/mol. The standard InChI is InChI=1S/C41H28N4/c42-37-26-30(38-15-7-8-24-43-38)20-23-39(37)45-44-32-21-18-28(19-22-32)40-33-11-3-5-13-35(33)41(36-14-6-4-12-34(36)40)31-17-16-27-9-1-2-10-29(27)25-31/h1-26,42,44H. The molecule has 4 heteroatoms. The minimum Gasteiger partial charge on any atom is -0.299 e. The van der Waals surface area contributed by atoms with Crippen LogP contribution in [0.15, 0.2) is 163 Å². The molecule has 0 amide bonds. The van der Waals surface area contributed by atoms with E-state index in [9.17, 15) is 0 Å². The normalized spacial score (nSPS) is 13.9. The summed E-state index contributed by atoms with van der Waals surface area (Å²) in [6, 6.07) is 46.9. The zero-order valence-electron chi connectivity index (χ0n) is 24.4. The molecule has 212 valence electrons. The Bertz CT molecular complexity index is 2290. The van der Waals surface area contributed by atoms with Crippen LogP contribution in [-0.2, 0) is 0 Å². The molecule has 0 unspecified atom stereocenters. The van der Waals surface area contributed by atoms with Gasteiger partial charge in [-0.2, -0.15) is 5.10 Å². The van der Waals surface area contributed by atoms with E-state index in [-0.39, 0.29) is 0 Å². The molecule has 45 heavy (non-hydrogen) atoms. The highest BCUT2D eigenvalue weighted by molar-refractivity contribution is 6.51. The highest BCUT2D eigenvalue weighted by atomic mass is 15.3. The quantitative estimate of drug-likeness (QED) is 0.122. The minimum absolute atomic E-state index is 0.340. The average molecular weight is 577 g/mol. The number of aromatic nitrogens is 1. The first-order chi connectivity index (χ1) is 22.2. The van der Waals surface area contributed by atoms with Gasteiger partial charge in [0.15, 0.2) is 0 Å². The fraction of sp³-hybridized carbons (Fsp3) is 0. The molecule has 1 heterocycles. The second-order valence-corrected chi connectivity index (χ2v) is 11.2. The summed E-state index contributed by atoms with van der Waals surface area (Å²) >= 11 is 0. The predicted octanol–water partition coefficient (Wildman–Crippen LogP) is 10.3. The molecule has 0 spiro atoms. The van der Waals surface area contributed by atoms with Gasteiger partial charge in [0.2, 0.25) is 0 Å². The van der Waals surface area contributed by atoms with Crippen molar-refractivity contribution in [1.82, 2.24) is 4.98 Å².